The van der Waals surface area contributed by atoms with Gasteiger partial charge in [0.25, 0.3) is 0 Å². The van der Waals surface area contributed by atoms with Crippen molar-refractivity contribution < 1.29 is 9.53 Å². The molecule has 0 aliphatic rings. The predicted octanol–water partition coefficient (Wildman–Crippen LogP) is 3.44. The standard InChI is InChI=1S/C15H11ClN2O2/c1-20-15(19)11-4-7-14-17-13(9-18(14)8-11)10-2-5-12(16)6-3-10/h2-9H,1H3. The van der Waals surface area contributed by atoms with E-state index in [0.717, 1.165) is 16.9 Å². The number of rotatable bonds is 2. The van der Waals surface area contributed by atoms with Gasteiger partial charge in [0.15, 0.2) is 0 Å². The van der Waals surface area contributed by atoms with Crippen molar-refractivity contribution in [3.63, 3.8) is 0 Å². The van der Waals surface area contributed by atoms with Crippen molar-refractivity contribution in [2.45, 2.75) is 0 Å². The van der Waals surface area contributed by atoms with E-state index in [2.05, 4.69) is 4.98 Å². The molecule has 0 spiro atoms. The van der Waals surface area contributed by atoms with E-state index in [-0.39, 0.29) is 5.97 Å². The van der Waals surface area contributed by atoms with E-state index in [1.54, 1.807) is 22.7 Å². The fourth-order valence-corrected chi connectivity index (χ4v) is 2.12. The second-order valence-corrected chi connectivity index (χ2v) is 4.74. The number of hydrogen-bond donors (Lipinski definition) is 0. The molecule has 0 aliphatic heterocycles. The Morgan fingerprint density at radius 1 is 1.15 bits per heavy atom. The molecule has 0 amide bonds. The zero-order valence-electron chi connectivity index (χ0n) is 10.7. The molecule has 0 bridgehead atoms. The molecular weight excluding hydrogens is 276 g/mol. The molecule has 0 radical (unpaired) electrons. The van der Waals surface area contributed by atoms with Gasteiger partial charge in [-0.3, -0.25) is 0 Å². The number of pyridine rings is 1. The van der Waals surface area contributed by atoms with Crippen LogP contribution in [0.15, 0.2) is 48.8 Å². The quantitative estimate of drug-likeness (QED) is 0.678. The molecule has 0 atom stereocenters. The summed E-state index contributed by atoms with van der Waals surface area (Å²) in [4.78, 5) is 16.0. The summed E-state index contributed by atoms with van der Waals surface area (Å²) in [6.45, 7) is 0. The van der Waals surface area contributed by atoms with Gasteiger partial charge in [-0.1, -0.05) is 23.7 Å². The van der Waals surface area contributed by atoms with Crippen molar-refractivity contribution >= 4 is 23.2 Å². The number of benzene rings is 1. The molecule has 4 nitrogen and oxygen atoms in total. The zero-order chi connectivity index (χ0) is 14.1. The molecular formula is C15H11ClN2O2. The largest absolute Gasteiger partial charge is 0.465 e. The van der Waals surface area contributed by atoms with E-state index in [0.29, 0.717) is 10.6 Å². The van der Waals surface area contributed by atoms with Crippen LogP contribution in [0, 0.1) is 0 Å². The molecule has 100 valence electrons. The highest BCUT2D eigenvalue weighted by molar-refractivity contribution is 6.30. The van der Waals surface area contributed by atoms with E-state index in [1.165, 1.54) is 7.11 Å². The maximum atomic E-state index is 11.5. The highest BCUT2D eigenvalue weighted by Crippen LogP contribution is 2.21. The highest BCUT2D eigenvalue weighted by atomic mass is 35.5. The number of fused-ring (bicyclic) bond motifs is 1. The number of imidazole rings is 1. The van der Waals surface area contributed by atoms with Gasteiger partial charge in [-0.05, 0) is 24.3 Å². The van der Waals surface area contributed by atoms with Crippen molar-refractivity contribution in [1.29, 1.82) is 0 Å². The molecule has 3 aromatic rings. The number of ether oxygens (including phenoxy) is 1. The minimum atomic E-state index is -0.367. The number of carbonyl (C=O) groups excluding carboxylic acids is 1. The van der Waals surface area contributed by atoms with Gasteiger partial charge in [0, 0.05) is 23.0 Å². The van der Waals surface area contributed by atoms with E-state index in [4.69, 9.17) is 16.3 Å². The molecule has 0 aliphatic carbocycles. The lowest BCUT2D eigenvalue weighted by Crippen LogP contribution is -2.02. The van der Waals surface area contributed by atoms with Gasteiger partial charge in [-0.2, -0.15) is 0 Å². The summed E-state index contributed by atoms with van der Waals surface area (Å²) < 4.78 is 6.50. The second kappa shape index (κ2) is 4.98. The highest BCUT2D eigenvalue weighted by Gasteiger charge is 2.09. The molecule has 0 unspecified atom stereocenters. The Hall–Kier alpha value is -2.33. The summed E-state index contributed by atoms with van der Waals surface area (Å²) in [5, 5.41) is 0.686. The van der Waals surface area contributed by atoms with Crippen LogP contribution in [-0.2, 0) is 4.74 Å². The molecule has 2 heterocycles. The number of esters is 1. The molecule has 2 aromatic heterocycles. The molecule has 5 heteroatoms. The average molecular weight is 287 g/mol. The van der Waals surface area contributed by atoms with Crippen LogP contribution in [0.2, 0.25) is 5.02 Å². The van der Waals surface area contributed by atoms with Crippen LogP contribution >= 0.6 is 11.6 Å². The first-order valence-electron chi connectivity index (χ1n) is 6.00. The summed E-state index contributed by atoms with van der Waals surface area (Å²) in [7, 11) is 1.36. The number of hydrogen-bond acceptors (Lipinski definition) is 3. The van der Waals surface area contributed by atoms with Crippen LogP contribution in [-0.4, -0.2) is 22.5 Å². The van der Waals surface area contributed by atoms with Crippen LogP contribution in [0.1, 0.15) is 10.4 Å². The number of halogens is 1. The van der Waals surface area contributed by atoms with Crippen LogP contribution < -0.4 is 0 Å². The van der Waals surface area contributed by atoms with E-state index in [1.807, 2.05) is 30.5 Å². The molecule has 3 rings (SSSR count). The number of nitrogens with zero attached hydrogens (tertiary/aromatic N) is 2. The second-order valence-electron chi connectivity index (χ2n) is 4.31. The van der Waals surface area contributed by atoms with Gasteiger partial charge >= 0.3 is 5.97 Å². The Balaban J connectivity index is 2.06. The fourth-order valence-electron chi connectivity index (χ4n) is 1.99. The third kappa shape index (κ3) is 2.26. The first-order chi connectivity index (χ1) is 9.67. The van der Waals surface area contributed by atoms with Crippen molar-refractivity contribution in [2.75, 3.05) is 7.11 Å². The van der Waals surface area contributed by atoms with Crippen molar-refractivity contribution in [3.8, 4) is 11.3 Å². The van der Waals surface area contributed by atoms with Gasteiger partial charge in [-0.15, -0.1) is 0 Å². The van der Waals surface area contributed by atoms with Crippen molar-refractivity contribution in [3.05, 3.63) is 59.4 Å². The summed E-state index contributed by atoms with van der Waals surface area (Å²) in [6.07, 6.45) is 3.57. The van der Waals surface area contributed by atoms with Crippen LogP contribution in [0.25, 0.3) is 16.9 Å². The van der Waals surface area contributed by atoms with Gasteiger partial charge in [0.05, 0.1) is 18.4 Å². The van der Waals surface area contributed by atoms with Crippen LogP contribution in [0.3, 0.4) is 0 Å². The first-order valence-corrected chi connectivity index (χ1v) is 6.38. The minimum absolute atomic E-state index is 0.367. The maximum absolute atomic E-state index is 11.5. The maximum Gasteiger partial charge on any atom is 0.339 e. The monoisotopic (exact) mass is 286 g/mol. The van der Waals surface area contributed by atoms with Gasteiger partial charge in [0.2, 0.25) is 0 Å². The Kier molecular flexibility index (Phi) is 3.16. The number of aromatic nitrogens is 2. The summed E-state index contributed by atoms with van der Waals surface area (Å²) in [5.41, 5.74) is 3.05. The Morgan fingerprint density at radius 2 is 1.90 bits per heavy atom. The lowest BCUT2D eigenvalue weighted by molar-refractivity contribution is 0.0600. The first kappa shape index (κ1) is 12.7. The van der Waals surface area contributed by atoms with Crippen LogP contribution in [0.4, 0.5) is 0 Å². The fraction of sp³-hybridized carbons (Fsp3) is 0.0667. The smallest absolute Gasteiger partial charge is 0.339 e. The Labute approximate surface area is 120 Å². The Bertz CT molecular complexity index is 778. The number of carbonyl (C=O) groups is 1. The molecule has 20 heavy (non-hydrogen) atoms. The van der Waals surface area contributed by atoms with Crippen molar-refractivity contribution in [1.82, 2.24) is 9.38 Å². The molecule has 0 fully saturated rings. The lowest BCUT2D eigenvalue weighted by atomic mass is 10.2. The van der Waals surface area contributed by atoms with Gasteiger partial charge in [0.1, 0.15) is 5.65 Å². The molecule has 0 saturated heterocycles. The Morgan fingerprint density at radius 3 is 2.60 bits per heavy atom. The number of methoxy groups -OCH3 is 1. The lowest BCUT2D eigenvalue weighted by Gasteiger charge is -1.99. The minimum Gasteiger partial charge on any atom is -0.465 e. The van der Waals surface area contributed by atoms with Crippen molar-refractivity contribution in [2.24, 2.45) is 0 Å². The predicted molar refractivity (Wildman–Crippen MR) is 77.0 cm³/mol. The summed E-state index contributed by atoms with van der Waals surface area (Å²) in [6, 6.07) is 10.9. The summed E-state index contributed by atoms with van der Waals surface area (Å²) >= 11 is 5.87. The summed E-state index contributed by atoms with van der Waals surface area (Å²) in [5.74, 6) is -0.367. The van der Waals surface area contributed by atoms with E-state index in [9.17, 15) is 4.79 Å². The van der Waals surface area contributed by atoms with Gasteiger partial charge in [-0.25, -0.2) is 9.78 Å². The van der Waals surface area contributed by atoms with Crippen LogP contribution in [0.5, 0.6) is 0 Å². The third-order valence-electron chi connectivity index (χ3n) is 3.01. The van der Waals surface area contributed by atoms with E-state index >= 15 is 0 Å². The average Bonchev–Trinajstić information content (AvgIpc) is 2.90. The molecule has 0 N–H and O–H groups in total. The normalized spacial score (nSPS) is 10.7. The van der Waals surface area contributed by atoms with E-state index < -0.39 is 0 Å². The molecule has 0 saturated carbocycles. The topological polar surface area (TPSA) is 43.6 Å². The SMILES string of the molecule is COC(=O)c1ccc2nc(-c3ccc(Cl)cc3)cn2c1. The molecule has 1 aromatic carbocycles. The van der Waals surface area contributed by atoms with Gasteiger partial charge < -0.3 is 9.14 Å². The third-order valence-corrected chi connectivity index (χ3v) is 3.26. The zero-order valence-corrected chi connectivity index (χ0v) is 11.5.